The first-order chi connectivity index (χ1) is 12.1. The molecule has 5 nitrogen and oxygen atoms in total. The van der Waals surface area contributed by atoms with Crippen LogP contribution in [0.4, 0.5) is 0 Å². The van der Waals surface area contributed by atoms with Crippen molar-refractivity contribution in [1.29, 1.82) is 0 Å². The third-order valence-corrected chi connectivity index (χ3v) is 6.23. The summed E-state index contributed by atoms with van der Waals surface area (Å²) >= 11 is 5.02. The van der Waals surface area contributed by atoms with E-state index in [4.69, 9.17) is 0 Å². The molecule has 3 rings (SSSR count). The van der Waals surface area contributed by atoms with Crippen molar-refractivity contribution in [2.45, 2.75) is 40.2 Å². The van der Waals surface area contributed by atoms with Crippen LogP contribution in [0.5, 0.6) is 0 Å². The van der Waals surface area contributed by atoms with Crippen molar-refractivity contribution in [3.05, 3.63) is 49.3 Å². The molecule has 0 fully saturated rings. The van der Waals surface area contributed by atoms with Gasteiger partial charge in [-0.2, -0.15) is 0 Å². The predicted octanol–water partition coefficient (Wildman–Crippen LogP) is 4.63. The van der Waals surface area contributed by atoms with Crippen LogP contribution in [0.1, 0.15) is 30.1 Å². The fraction of sp³-hybridized carbons (Fsp3) is 0.316. The molecule has 2 heterocycles. The number of fused-ring (bicyclic) bond motifs is 1. The van der Waals surface area contributed by atoms with Crippen molar-refractivity contribution in [1.82, 2.24) is 9.55 Å². The number of halogens is 1. The first kappa shape index (κ1) is 18.8. The molecule has 0 spiro atoms. The molecule has 0 atom stereocenters. The normalized spacial score (nSPS) is 11.9. The lowest BCUT2D eigenvalue weighted by molar-refractivity contribution is -0.145. The zero-order valence-corrected chi connectivity index (χ0v) is 17.6. The maximum atomic E-state index is 13.4. The Balaban J connectivity index is 2.48. The Hall–Kier alpha value is -1.99. The summed E-state index contributed by atoms with van der Waals surface area (Å²) in [5, 5.41) is 10.1. The summed E-state index contributed by atoms with van der Waals surface area (Å²) < 4.78 is 2.16. The Kier molecular flexibility index (Phi) is 4.56. The third kappa shape index (κ3) is 2.79. The summed E-state index contributed by atoms with van der Waals surface area (Å²) in [5.41, 5.74) is 1.09. The second kappa shape index (κ2) is 6.32. The fourth-order valence-electron chi connectivity index (χ4n) is 3.17. The lowest BCUT2D eigenvalue weighted by Crippen LogP contribution is -2.44. The van der Waals surface area contributed by atoms with Gasteiger partial charge in [0.2, 0.25) is 0 Å². The Bertz CT molecular complexity index is 1110. The number of aromatic nitrogens is 2. The minimum atomic E-state index is -1.39. The molecule has 2 aromatic heterocycles. The molecular weight excluding hydrogens is 416 g/mol. The number of thiophene rings is 1. The van der Waals surface area contributed by atoms with Crippen LogP contribution >= 0.6 is 27.3 Å². The Morgan fingerprint density at radius 2 is 1.92 bits per heavy atom. The summed E-state index contributed by atoms with van der Waals surface area (Å²) in [6.07, 6.45) is 0. The van der Waals surface area contributed by atoms with Crippen molar-refractivity contribution in [2.75, 3.05) is 0 Å². The van der Waals surface area contributed by atoms with Crippen LogP contribution in [-0.2, 0) is 10.3 Å². The lowest BCUT2D eigenvalue weighted by Gasteiger charge is -2.24. The monoisotopic (exact) mass is 434 g/mol. The summed E-state index contributed by atoms with van der Waals surface area (Å²) in [6.45, 7) is 8.65. The van der Waals surface area contributed by atoms with Crippen LogP contribution in [0.25, 0.3) is 21.3 Å². The van der Waals surface area contributed by atoms with Gasteiger partial charge in [0, 0.05) is 14.9 Å². The van der Waals surface area contributed by atoms with Crippen molar-refractivity contribution in [2.24, 2.45) is 0 Å². The number of aliphatic carboxylic acids is 1. The molecule has 3 aromatic rings. The molecule has 1 N–H and O–H groups in total. The molecule has 26 heavy (non-hydrogen) atoms. The summed E-state index contributed by atoms with van der Waals surface area (Å²) in [5.74, 6) is -0.680. The van der Waals surface area contributed by atoms with E-state index in [0.29, 0.717) is 16.0 Å². The highest BCUT2D eigenvalue weighted by molar-refractivity contribution is 9.10. The number of benzene rings is 1. The van der Waals surface area contributed by atoms with E-state index in [0.717, 1.165) is 26.0 Å². The molecule has 136 valence electrons. The van der Waals surface area contributed by atoms with Gasteiger partial charge >= 0.3 is 5.97 Å². The van der Waals surface area contributed by atoms with E-state index < -0.39 is 11.5 Å². The second-order valence-electron chi connectivity index (χ2n) is 6.86. The van der Waals surface area contributed by atoms with E-state index in [1.807, 2.05) is 32.0 Å². The van der Waals surface area contributed by atoms with Crippen LogP contribution in [0.3, 0.4) is 0 Å². The predicted molar refractivity (Wildman–Crippen MR) is 108 cm³/mol. The molecule has 0 radical (unpaired) electrons. The molecule has 0 saturated carbocycles. The van der Waals surface area contributed by atoms with Crippen molar-refractivity contribution in [3.63, 3.8) is 0 Å². The van der Waals surface area contributed by atoms with Gasteiger partial charge in [0.1, 0.15) is 16.2 Å². The maximum absolute atomic E-state index is 13.4. The molecule has 0 aliphatic heterocycles. The van der Waals surface area contributed by atoms with E-state index in [-0.39, 0.29) is 5.56 Å². The number of carboxylic acid groups (broad SMARTS) is 1. The van der Waals surface area contributed by atoms with E-state index >= 15 is 0 Å². The minimum absolute atomic E-state index is 0.326. The summed E-state index contributed by atoms with van der Waals surface area (Å²) in [4.78, 5) is 31.2. The van der Waals surface area contributed by atoms with Gasteiger partial charge in [-0.05, 0) is 46.2 Å². The smallest absolute Gasteiger partial charge is 0.329 e. The quantitative estimate of drug-likeness (QED) is 0.651. The number of carboxylic acids is 1. The highest BCUT2D eigenvalue weighted by atomic mass is 79.9. The molecule has 0 unspecified atom stereocenters. The number of aryl methyl sites for hydroxylation is 3. The Labute approximate surface area is 163 Å². The second-order valence-corrected chi connectivity index (χ2v) is 8.92. The number of carbonyl (C=O) groups is 1. The van der Waals surface area contributed by atoms with Crippen molar-refractivity contribution >= 4 is 43.5 Å². The van der Waals surface area contributed by atoms with Crippen molar-refractivity contribution < 1.29 is 9.90 Å². The summed E-state index contributed by atoms with van der Waals surface area (Å²) in [6, 6.07) is 5.96. The summed E-state index contributed by atoms with van der Waals surface area (Å²) in [7, 11) is 0. The average molecular weight is 435 g/mol. The SMILES string of the molecule is Cc1ccc(Br)c(-c2c(C)sc3nc(C)n(C(C)(C)C(=O)O)c(=O)c23)c1. The maximum Gasteiger partial charge on any atom is 0.329 e. The van der Waals surface area contributed by atoms with Gasteiger partial charge in [0.15, 0.2) is 0 Å². The van der Waals surface area contributed by atoms with Crippen molar-refractivity contribution in [3.8, 4) is 11.1 Å². The Morgan fingerprint density at radius 1 is 1.27 bits per heavy atom. The number of hydrogen-bond donors (Lipinski definition) is 1. The molecular formula is C19H19BrN2O3S. The number of rotatable bonds is 3. The molecule has 0 aliphatic carbocycles. The van der Waals surface area contributed by atoms with Crippen LogP contribution in [0, 0.1) is 20.8 Å². The topological polar surface area (TPSA) is 72.2 Å². The molecule has 1 aromatic carbocycles. The standard InChI is InChI=1S/C19H19BrN2O3S/c1-9-6-7-13(20)12(8-9)14-10(2)26-16-15(14)17(23)22(11(3)21-16)19(4,5)18(24)25/h6-8H,1-5H3,(H,24,25). The molecule has 0 saturated heterocycles. The van der Waals surface area contributed by atoms with Crippen LogP contribution < -0.4 is 5.56 Å². The zero-order chi connectivity index (χ0) is 19.4. The highest BCUT2D eigenvalue weighted by Gasteiger charge is 2.34. The average Bonchev–Trinajstić information content (AvgIpc) is 2.85. The zero-order valence-electron chi connectivity index (χ0n) is 15.2. The van der Waals surface area contributed by atoms with Gasteiger partial charge in [-0.25, -0.2) is 9.78 Å². The van der Waals surface area contributed by atoms with Gasteiger partial charge in [0.05, 0.1) is 5.39 Å². The van der Waals surface area contributed by atoms with Crippen LogP contribution in [0.15, 0.2) is 27.5 Å². The number of nitrogens with zero attached hydrogens (tertiary/aromatic N) is 2. The minimum Gasteiger partial charge on any atom is -0.480 e. The fourth-order valence-corrected chi connectivity index (χ4v) is 4.69. The highest BCUT2D eigenvalue weighted by Crippen LogP contribution is 2.39. The molecule has 0 bridgehead atoms. The van der Waals surface area contributed by atoms with Gasteiger partial charge in [-0.15, -0.1) is 11.3 Å². The first-order valence-corrected chi connectivity index (χ1v) is 9.69. The largest absolute Gasteiger partial charge is 0.480 e. The Morgan fingerprint density at radius 3 is 2.54 bits per heavy atom. The third-order valence-electron chi connectivity index (χ3n) is 4.54. The van der Waals surface area contributed by atoms with E-state index in [9.17, 15) is 14.7 Å². The van der Waals surface area contributed by atoms with E-state index in [1.54, 1.807) is 6.92 Å². The van der Waals surface area contributed by atoms with Gasteiger partial charge < -0.3 is 5.11 Å². The molecule has 0 amide bonds. The van der Waals surface area contributed by atoms with Gasteiger partial charge in [-0.1, -0.05) is 33.6 Å². The first-order valence-electron chi connectivity index (χ1n) is 8.09. The van der Waals surface area contributed by atoms with Gasteiger partial charge in [-0.3, -0.25) is 9.36 Å². The molecule has 0 aliphatic rings. The van der Waals surface area contributed by atoms with E-state index in [1.165, 1.54) is 29.8 Å². The lowest BCUT2D eigenvalue weighted by atomic mass is 10.0. The van der Waals surface area contributed by atoms with Crippen LogP contribution in [-0.4, -0.2) is 20.6 Å². The molecule has 7 heteroatoms. The van der Waals surface area contributed by atoms with Gasteiger partial charge in [0.25, 0.3) is 5.56 Å². The number of hydrogen-bond acceptors (Lipinski definition) is 4. The van der Waals surface area contributed by atoms with E-state index in [2.05, 4.69) is 20.9 Å². The van der Waals surface area contributed by atoms with Crippen LogP contribution in [0.2, 0.25) is 0 Å².